The first-order chi connectivity index (χ1) is 27.4. The summed E-state index contributed by atoms with van der Waals surface area (Å²) in [4.78, 5) is 29.6. The van der Waals surface area contributed by atoms with Gasteiger partial charge in [0.05, 0.1) is 15.9 Å². The number of carbonyl (C=O) groups is 1. The van der Waals surface area contributed by atoms with E-state index in [1.165, 1.54) is 12.1 Å². The van der Waals surface area contributed by atoms with Crippen LogP contribution in [-0.4, -0.2) is 74.8 Å². The molecule has 57 heavy (non-hydrogen) atoms. The van der Waals surface area contributed by atoms with Gasteiger partial charge in [0, 0.05) is 52.1 Å². The molecule has 1 amide bonds. The molecule has 0 aromatic heterocycles. The van der Waals surface area contributed by atoms with Crippen LogP contribution in [0.25, 0.3) is 11.1 Å². The number of nitro benzene ring substituents is 1. The number of carbonyl (C=O) groups excluding carboxylic acids is 1. The van der Waals surface area contributed by atoms with E-state index in [4.69, 9.17) is 11.6 Å². The number of aliphatic hydroxyl groups excluding tert-OH is 1. The Balaban J connectivity index is 1.07. The van der Waals surface area contributed by atoms with Gasteiger partial charge in [0.15, 0.2) is 0 Å². The van der Waals surface area contributed by atoms with Crippen LogP contribution in [0.3, 0.4) is 0 Å². The molecule has 0 radical (unpaired) electrons. The van der Waals surface area contributed by atoms with Gasteiger partial charge in [-0.1, -0.05) is 66.2 Å². The Kier molecular flexibility index (Phi) is 13.9. The maximum atomic E-state index is 13.4. The molecule has 0 saturated carbocycles. The van der Waals surface area contributed by atoms with Crippen LogP contribution in [0.2, 0.25) is 5.02 Å². The van der Waals surface area contributed by atoms with Crippen molar-refractivity contribution in [1.82, 2.24) is 9.62 Å². The highest BCUT2D eigenvalue weighted by molar-refractivity contribution is 7.99. The monoisotopic (exact) mass is 827 g/mol. The topological polar surface area (TPSA) is 145 Å². The zero-order chi connectivity index (χ0) is 40.5. The molecule has 11 nitrogen and oxygen atoms in total. The minimum Gasteiger partial charge on any atom is -0.388 e. The number of nitro groups is 1. The van der Waals surface area contributed by atoms with E-state index >= 15 is 0 Å². The minimum atomic E-state index is -4.45. The number of amides is 1. The van der Waals surface area contributed by atoms with Gasteiger partial charge in [-0.25, -0.2) is 13.1 Å². The van der Waals surface area contributed by atoms with Crippen molar-refractivity contribution >= 4 is 56.4 Å². The molecule has 1 aliphatic rings. The van der Waals surface area contributed by atoms with Crippen molar-refractivity contribution in [3.8, 4) is 11.1 Å². The summed E-state index contributed by atoms with van der Waals surface area (Å²) in [6.07, 6.45) is 1.55. The molecular weight excluding hydrogens is 782 g/mol. The lowest BCUT2D eigenvalue weighted by Crippen LogP contribution is -2.35. The molecule has 1 fully saturated rings. The van der Waals surface area contributed by atoms with Gasteiger partial charge >= 0.3 is 0 Å². The molecule has 0 bridgehead atoms. The second-order valence-corrected chi connectivity index (χ2v) is 17.6. The number of hydrogen-bond acceptors (Lipinski definition) is 10. The van der Waals surface area contributed by atoms with Gasteiger partial charge in [0.1, 0.15) is 5.69 Å². The highest BCUT2D eigenvalue weighted by Crippen LogP contribution is 2.37. The van der Waals surface area contributed by atoms with Crippen LogP contribution in [0.4, 0.5) is 17.1 Å². The second kappa shape index (κ2) is 19.0. The summed E-state index contributed by atoms with van der Waals surface area (Å²) in [6, 6.07) is 35.4. The van der Waals surface area contributed by atoms with E-state index < -0.39 is 37.5 Å². The van der Waals surface area contributed by atoms with Crippen LogP contribution < -0.4 is 14.9 Å². The van der Waals surface area contributed by atoms with E-state index in [0.29, 0.717) is 30.3 Å². The summed E-state index contributed by atoms with van der Waals surface area (Å²) in [5.74, 6) is -0.172. The zero-order valence-electron chi connectivity index (χ0n) is 31.8. The molecule has 298 valence electrons. The third kappa shape index (κ3) is 10.9. The van der Waals surface area contributed by atoms with Crippen molar-refractivity contribution in [2.45, 2.75) is 41.2 Å². The van der Waals surface area contributed by atoms with E-state index in [-0.39, 0.29) is 23.2 Å². The summed E-state index contributed by atoms with van der Waals surface area (Å²) in [5.41, 5.74) is 3.62. The van der Waals surface area contributed by atoms with Crippen molar-refractivity contribution < 1.29 is 23.2 Å². The molecule has 2 atom stereocenters. The standard InChI is InChI=1S/C43H46ClN5O6S2/c1-47(2)25-24-34(29-56-36-8-4-3-5-9-36)45-40-21-20-37(28-41(40)49(52)53)57(54,55)46-43(51)32-14-18-35(19-15-32)48-26-22-31(23-27-48)42(50)39-11-7-6-10-38(39)30-12-16-33(44)17-13-30/h3-21,28,31,34,42,45,50H,22-27,29H2,1-2H3,(H,46,51)/t34-,42-/m0/s1. The maximum absolute atomic E-state index is 13.4. The van der Waals surface area contributed by atoms with Gasteiger partial charge in [-0.15, -0.1) is 11.8 Å². The fourth-order valence-corrected chi connectivity index (χ4v) is 9.05. The molecule has 3 N–H and O–H groups in total. The lowest BCUT2D eigenvalue weighted by Gasteiger charge is -2.36. The van der Waals surface area contributed by atoms with Crippen LogP contribution >= 0.6 is 23.4 Å². The Morgan fingerprint density at radius 1 is 0.947 bits per heavy atom. The number of thioether (sulfide) groups is 1. The zero-order valence-corrected chi connectivity index (χ0v) is 34.1. The minimum absolute atomic E-state index is 0.0498. The average molecular weight is 828 g/mol. The molecule has 5 aromatic carbocycles. The number of nitrogens with one attached hydrogen (secondary N) is 2. The largest absolute Gasteiger partial charge is 0.388 e. The molecule has 1 saturated heterocycles. The van der Waals surface area contributed by atoms with Crippen molar-refractivity contribution in [3.05, 3.63) is 148 Å². The number of nitrogens with zero attached hydrogens (tertiary/aromatic N) is 3. The van der Waals surface area contributed by atoms with Crippen molar-refractivity contribution in [3.63, 3.8) is 0 Å². The van der Waals surface area contributed by atoms with Gasteiger partial charge in [-0.2, -0.15) is 0 Å². The van der Waals surface area contributed by atoms with E-state index in [2.05, 4.69) is 14.9 Å². The third-order valence-corrected chi connectivity index (χ3v) is 12.9. The number of halogens is 1. The SMILES string of the molecule is CN(C)CC[C@@H](CSc1ccccc1)Nc1ccc(S(=O)(=O)NC(=O)c2ccc(N3CCC([C@H](O)c4ccccc4-c4ccc(Cl)cc4)CC3)cc2)cc1[N+](=O)[O-]. The maximum Gasteiger partial charge on any atom is 0.293 e. The highest BCUT2D eigenvalue weighted by Gasteiger charge is 2.29. The first-order valence-electron chi connectivity index (χ1n) is 18.7. The van der Waals surface area contributed by atoms with Crippen LogP contribution in [0.5, 0.6) is 0 Å². The van der Waals surface area contributed by atoms with Crippen molar-refractivity contribution in [2.24, 2.45) is 5.92 Å². The van der Waals surface area contributed by atoms with E-state index in [1.807, 2.05) is 97.9 Å². The summed E-state index contributed by atoms with van der Waals surface area (Å²) >= 11 is 7.73. The number of aliphatic hydroxyl groups is 1. The fraction of sp³-hybridized carbons (Fsp3) is 0.279. The molecule has 0 spiro atoms. The predicted molar refractivity (Wildman–Crippen MR) is 229 cm³/mol. The summed E-state index contributed by atoms with van der Waals surface area (Å²) in [6.45, 7) is 2.12. The van der Waals surface area contributed by atoms with E-state index in [0.717, 1.165) is 52.7 Å². The summed E-state index contributed by atoms with van der Waals surface area (Å²) in [7, 11) is -0.544. The second-order valence-electron chi connectivity index (χ2n) is 14.3. The summed E-state index contributed by atoms with van der Waals surface area (Å²) in [5, 5.41) is 27.6. The lowest BCUT2D eigenvalue weighted by molar-refractivity contribution is -0.384. The van der Waals surface area contributed by atoms with Gasteiger partial charge in [0.2, 0.25) is 0 Å². The van der Waals surface area contributed by atoms with Crippen molar-refractivity contribution in [1.29, 1.82) is 0 Å². The molecule has 1 heterocycles. The van der Waals surface area contributed by atoms with Crippen LogP contribution in [-0.2, 0) is 10.0 Å². The Bertz CT molecular complexity index is 2250. The van der Waals surface area contributed by atoms with Crippen molar-refractivity contribution in [2.75, 3.05) is 49.7 Å². The number of sulfonamides is 1. The smallest absolute Gasteiger partial charge is 0.293 e. The van der Waals surface area contributed by atoms with Crippen LogP contribution in [0.15, 0.2) is 131 Å². The van der Waals surface area contributed by atoms with E-state index in [1.54, 1.807) is 36.0 Å². The van der Waals surface area contributed by atoms with Gasteiger partial charge in [-0.3, -0.25) is 14.9 Å². The Morgan fingerprint density at radius 3 is 2.28 bits per heavy atom. The average Bonchev–Trinajstić information content (AvgIpc) is 3.22. The number of hydrogen-bond donors (Lipinski definition) is 3. The lowest BCUT2D eigenvalue weighted by atomic mass is 9.84. The number of piperidine rings is 1. The van der Waals surface area contributed by atoms with Gasteiger partial charge < -0.3 is 20.2 Å². The number of rotatable bonds is 16. The Morgan fingerprint density at radius 2 is 1.61 bits per heavy atom. The fourth-order valence-electron chi connectivity index (χ4n) is 6.93. The molecule has 0 aliphatic carbocycles. The molecule has 0 unspecified atom stereocenters. The molecule has 5 aromatic rings. The Hall–Kier alpha value is -4.92. The molecule has 6 rings (SSSR count). The molecule has 1 aliphatic heterocycles. The quantitative estimate of drug-likeness (QED) is 0.0503. The molecular formula is C43H46ClN5O6S2. The normalized spacial score (nSPS) is 14.6. The van der Waals surface area contributed by atoms with Crippen LogP contribution in [0, 0.1) is 16.0 Å². The van der Waals surface area contributed by atoms with Gasteiger partial charge in [-0.05, 0) is 123 Å². The third-order valence-electron chi connectivity index (χ3n) is 10.1. The predicted octanol–water partition coefficient (Wildman–Crippen LogP) is 8.51. The first kappa shape index (κ1) is 41.7. The highest BCUT2D eigenvalue weighted by atomic mass is 35.5. The molecule has 14 heteroatoms. The first-order valence-corrected chi connectivity index (χ1v) is 21.6. The number of benzene rings is 5. The summed E-state index contributed by atoms with van der Waals surface area (Å²) < 4.78 is 28.8. The Labute approximate surface area is 343 Å². The van der Waals surface area contributed by atoms with Crippen LogP contribution in [0.1, 0.15) is 41.3 Å². The van der Waals surface area contributed by atoms with Gasteiger partial charge in [0.25, 0.3) is 21.6 Å². The van der Waals surface area contributed by atoms with E-state index in [9.17, 15) is 28.4 Å². The number of anilines is 2.